The van der Waals surface area contributed by atoms with Gasteiger partial charge in [0.05, 0.1) is 4.47 Å². The van der Waals surface area contributed by atoms with E-state index in [1.165, 1.54) is 0 Å². The molecule has 0 saturated carbocycles. The first-order valence-corrected chi connectivity index (χ1v) is 5.82. The first-order chi connectivity index (χ1) is 6.79. The van der Waals surface area contributed by atoms with Crippen LogP contribution in [0.15, 0.2) is 10.5 Å². The molecular weight excluding hydrogens is 256 g/mol. The molecule has 0 saturated heterocycles. The van der Waals surface area contributed by atoms with Crippen LogP contribution in [0.3, 0.4) is 0 Å². The van der Waals surface area contributed by atoms with Gasteiger partial charge in [0.1, 0.15) is 11.5 Å². The summed E-state index contributed by atoms with van der Waals surface area (Å²) in [6, 6.07) is 1.65. The van der Waals surface area contributed by atoms with Gasteiger partial charge in [-0.1, -0.05) is 27.7 Å². The molecule has 0 unspecified atom stereocenters. The minimum absolute atomic E-state index is 0.184. The molecule has 15 heavy (non-hydrogen) atoms. The highest BCUT2D eigenvalue weighted by Gasteiger charge is 2.23. The van der Waals surface area contributed by atoms with E-state index >= 15 is 0 Å². The zero-order chi connectivity index (χ0) is 11.8. The number of phenolic OH excluding ortho intramolecular Hbond substituents is 2. The molecule has 84 valence electrons. The summed E-state index contributed by atoms with van der Waals surface area (Å²) in [5.41, 5.74) is 1.32. The van der Waals surface area contributed by atoms with Crippen LogP contribution < -0.4 is 0 Å². The van der Waals surface area contributed by atoms with Gasteiger partial charge in [-0.3, -0.25) is 0 Å². The van der Waals surface area contributed by atoms with E-state index < -0.39 is 0 Å². The molecule has 0 heterocycles. The Hall–Kier alpha value is -0.700. The fraction of sp³-hybridized carbons (Fsp3) is 0.500. The van der Waals surface area contributed by atoms with Gasteiger partial charge in [0.2, 0.25) is 0 Å². The molecule has 1 aromatic rings. The van der Waals surface area contributed by atoms with E-state index in [0.29, 0.717) is 10.9 Å². The Morgan fingerprint density at radius 1 is 1.27 bits per heavy atom. The molecule has 0 bridgehead atoms. The molecule has 0 radical (unpaired) electrons. The lowest BCUT2D eigenvalue weighted by atomic mass is 9.85. The highest BCUT2D eigenvalue weighted by atomic mass is 79.9. The average molecular weight is 273 g/mol. The van der Waals surface area contributed by atoms with E-state index in [9.17, 15) is 10.2 Å². The van der Waals surface area contributed by atoms with E-state index in [4.69, 9.17) is 0 Å². The van der Waals surface area contributed by atoms with Crippen LogP contribution in [0.2, 0.25) is 0 Å². The van der Waals surface area contributed by atoms with E-state index in [1.54, 1.807) is 6.07 Å². The SMILES string of the molecule is CCc1c(O)cc(C(C)(C)C)c(O)c1Br. The lowest BCUT2D eigenvalue weighted by Gasteiger charge is -2.22. The third-order valence-electron chi connectivity index (χ3n) is 2.48. The molecule has 0 aliphatic heterocycles. The quantitative estimate of drug-likeness (QED) is 0.765. The molecule has 1 rings (SSSR count). The second-order valence-corrected chi connectivity index (χ2v) is 5.48. The monoisotopic (exact) mass is 272 g/mol. The number of benzene rings is 1. The lowest BCUT2D eigenvalue weighted by Crippen LogP contribution is -2.12. The molecular formula is C12H17BrO2. The topological polar surface area (TPSA) is 40.5 Å². The van der Waals surface area contributed by atoms with Crippen LogP contribution in [-0.4, -0.2) is 10.2 Å². The summed E-state index contributed by atoms with van der Waals surface area (Å²) in [5, 5.41) is 19.8. The molecule has 0 aliphatic rings. The summed E-state index contributed by atoms with van der Waals surface area (Å²) in [6.45, 7) is 7.94. The maximum atomic E-state index is 10.0. The number of hydrogen-bond acceptors (Lipinski definition) is 2. The summed E-state index contributed by atoms with van der Waals surface area (Å²) in [7, 11) is 0. The number of rotatable bonds is 1. The van der Waals surface area contributed by atoms with Crippen molar-refractivity contribution in [2.45, 2.75) is 39.5 Å². The van der Waals surface area contributed by atoms with Crippen LogP contribution in [0.5, 0.6) is 11.5 Å². The van der Waals surface area contributed by atoms with Gasteiger partial charge in [-0.25, -0.2) is 0 Å². The Morgan fingerprint density at radius 2 is 1.80 bits per heavy atom. The molecule has 2 N–H and O–H groups in total. The smallest absolute Gasteiger partial charge is 0.134 e. The van der Waals surface area contributed by atoms with Crippen molar-refractivity contribution in [3.8, 4) is 11.5 Å². The summed E-state index contributed by atoms with van der Waals surface area (Å²) in [6.07, 6.45) is 0.685. The van der Waals surface area contributed by atoms with Crippen LogP contribution >= 0.6 is 15.9 Å². The second-order valence-electron chi connectivity index (χ2n) is 4.69. The summed E-state index contributed by atoms with van der Waals surface area (Å²) < 4.78 is 0.606. The average Bonchev–Trinajstić information content (AvgIpc) is 2.10. The van der Waals surface area contributed by atoms with Crippen molar-refractivity contribution < 1.29 is 10.2 Å². The lowest BCUT2D eigenvalue weighted by molar-refractivity contribution is 0.428. The summed E-state index contributed by atoms with van der Waals surface area (Å²) in [5.74, 6) is 0.476. The van der Waals surface area contributed by atoms with Crippen molar-refractivity contribution >= 4 is 15.9 Å². The van der Waals surface area contributed by atoms with Crippen LogP contribution in [-0.2, 0) is 11.8 Å². The largest absolute Gasteiger partial charge is 0.508 e. The number of halogens is 1. The molecule has 2 nitrogen and oxygen atoms in total. The molecule has 0 fully saturated rings. The maximum Gasteiger partial charge on any atom is 0.134 e. The maximum absolute atomic E-state index is 10.0. The van der Waals surface area contributed by atoms with Gasteiger partial charge in [0.25, 0.3) is 0 Å². The van der Waals surface area contributed by atoms with E-state index in [2.05, 4.69) is 15.9 Å². The minimum Gasteiger partial charge on any atom is -0.508 e. The fourth-order valence-corrected chi connectivity index (χ4v) is 2.27. The Balaban J connectivity index is 3.48. The highest BCUT2D eigenvalue weighted by molar-refractivity contribution is 9.10. The van der Waals surface area contributed by atoms with E-state index in [-0.39, 0.29) is 16.9 Å². The Kier molecular flexibility index (Phi) is 3.34. The third-order valence-corrected chi connectivity index (χ3v) is 3.33. The molecule has 0 aromatic heterocycles. The van der Waals surface area contributed by atoms with Gasteiger partial charge in [-0.2, -0.15) is 0 Å². The zero-order valence-electron chi connectivity index (χ0n) is 9.56. The van der Waals surface area contributed by atoms with Crippen LogP contribution in [0.4, 0.5) is 0 Å². The molecule has 1 aromatic carbocycles. The molecule has 0 aliphatic carbocycles. The van der Waals surface area contributed by atoms with Crippen LogP contribution in [0.1, 0.15) is 38.8 Å². The van der Waals surface area contributed by atoms with Crippen molar-refractivity contribution in [1.82, 2.24) is 0 Å². The molecule has 0 spiro atoms. The van der Waals surface area contributed by atoms with E-state index in [0.717, 1.165) is 11.1 Å². The van der Waals surface area contributed by atoms with Crippen molar-refractivity contribution in [2.24, 2.45) is 0 Å². The Bertz CT molecular complexity index is 378. The predicted octanol–water partition coefficient (Wildman–Crippen LogP) is 3.72. The normalized spacial score (nSPS) is 11.8. The van der Waals surface area contributed by atoms with Crippen molar-refractivity contribution in [3.05, 3.63) is 21.7 Å². The number of hydrogen-bond donors (Lipinski definition) is 2. The minimum atomic E-state index is -0.184. The molecule has 0 atom stereocenters. The molecule has 3 heteroatoms. The van der Waals surface area contributed by atoms with Crippen LogP contribution in [0, 0.1) is 0 Å². The number of aromatic hydroxyl groups is 2. The predicted molar refractivity (Wildman–Crippen MR) is 65.5 cm³/mol. The van der Waals surface area contributed by atoms with Crippen molar-refractivity contribution in [2.75, 3.05) is 0 Å². The molecule has 0 amide bonds. The highest BCUT2D eigenvalue weighted by Crippen LogP contribution is 2.42. The fourth-order valence-electron chi connectivity index (χ4n) is 1.57. The zero-order valence-corrected chi connectivity index (χ0v) is 11.1. The van der Waals surface area contributed by atoms with Gasteiger partial charge < -0.3 is 10.2 Å². The van der Waals surface area contributed by atoms with Gasteiger partial charge in [-0.15, -0.1) is 0 Å². The summed E-state index contributed by atoms with van der Waals surface area (Å²) >= 11 is 3.32. The third kappa shape index (κ3) is 2.28. The van der Waals surface area contributed by atoms with Crippen molar-refractivity contribution in [3.63, 3.8) is 0 Å². The van der Waals surface area contributed by atoms with Crippen molar-refractivity contribution in [1.29, 1.82) is 0 Å². The second kappa shape index (κ2) is 4.05. The van der Waals surface area contributed by atoms with Gasteiger partial charge in [-0.05, 0) is 33.8 Å². The first kappa shape index (κ1) is 12.4. The van der Waals surface area contributed by atoms with Crippen LogP contribution in [0.25, 0.3) is 0 Å². The Labute approximate surface area is 99.1 Å². The number of phenols is 2. The van der Waals surface area contributed by atoms with Gasteiger partial charge >= 0.3 is 0 Å². The van der Waals surface area contributed by atoms with Gasteiger partial charge in [0.15, 0.2) is 0 Å². The standard InChI is InChI=1S/C12H17BrO2/c1-5-7-9(14)6-8(12(2,3)4)11(15)10(7)13/h6,14-15H,5H2,1-4H3. The van der Waals surface area contributed by atoms with E-state index in [1.807, 2.05) is 27.7 Å². The first-order valence-electron chi connectivity index (χ1n) is 5.02. The van der Waals surface area contributed by atoms with Gasteiger partial charge in [0, 0.05) is 11.1 Å². The summed E-state index contributed by atoms with van der Waals surface area (Å²) in [4.78, 5) is 0. The Morgan fingerprint density at radius 3 is 2.20 bits per heavy atom.